The summed E-state index contributed by atoms with van der Waals surface area (Å²) in [6, 6.07) is 7.75. The first kappa shape index (κ1) is 18.0. The fourth-order valence-electron chi connectivity index (χ4n) is 4.64. The lowest BCUT2D eigenvalue weighted by Crippen LogP contribution is -2.27. The van der Waals surface area contributed by atoms with Crippen molar-refractivity contribution in [3.63, 3.8) is 0 Å². The number of rotatable bonds is 4. The smallest absolute Gasteiger partial charge is 0.265 e. The van der Waals surface area contributed by atoms with Gasteiger partial charge in [0, 0.05) is 13.2 Å². The largest absolute Gasteiger partial charge is 0.376 e. The highest BCUT2D eigenvalue weighted by atomic mass is 16.5. The van der Waals surface area contributed by atoms with Crippen LogP contribution in [0.2, 0.25) is 0 Å². The molecule has 2 aliphatic rings. The Bertz CT molecular complexity index is 1300. The molecule has 8 nitrogen and oxygen atoms in total. The van der Waals surface area contributed by atoms with Crippen molar-refractivity contribution in [2.75, 3.05) is 13.2 Å². The Hall–Kier alpha value is -2.84. The molecule has 2 saturated heterocycles. The zero-order valence-corrected chi connectivity index (χ0v) is 16.7. The fourth-order valence-corrected chi connectivity index (χ4v) is 4.64. The predicted octanol–water partition coefficient (Wildman–Crippen LogP) is 2.65. The van der Waals surface area contributed by atoms with Crippen LogP contribution in [0.25, 0.3) is 33.2 Å². The SMILES string of the molecule is O=c1c2c3nc4ccccc4nc3n(C[C@H]3CCCO3)c2ncn1C[C@@H]1CCCO1. The maximum Gasteiger partial charge on any atom is 0.265 e. The summed E-state index contributed by atoms with van der Waals surface area (Å²) in [5, 5.41) is 0.529. The van der Waals surface area contributed by atoms with E-state index in [1.54, 1.807) is 10.9 Å². The van der Waals surface area contributed by atoms with Gasteiger partial charge in [-0.05, 0) is 37.8 Å². The van der Waals surface area contributed by atoms with Crippen molar-refractivity contribution < 1.29 is 9.47 Å². The first-order valence-electron chi connectivity index (χ1n) is 10.7. The van der Waals surface area contributed by atoms with Crippen molar-refractivity contribution in [2.45, 2.75) is 51.0 Å². The van der Waals surface area contributed by atoms with Crippen LogP contribution in [0.3, 0.4) is 0 Å². The van der Waals surface area contributed by atoms with Crippen LogP contribution in [-0.2, 0) is 22.6 Å². The molecule has 3 aromatic heterocycles. The van der Waals surface area contributed by atoms with E-state index in [1.165, 1.54) is 0 Å². The number of ether oxygens (including phenoxy) is 2. The monoisotopic (exact) mass is 405 g/mol. The predicted molar refractivity (Wildman–Crippen MR) is 113 cm³/mol. The van der Waals surface area contributed by atoms with Gasteiger partial charge < -0.3 is 14.0 Å². The van der Waals surface area contributed by atoms with E-state index in [4.69, 9.17) is 19.4 Å². The Labute approximate surface area is 172 Å². The number of para-hydroxylation sites is 2. The number of benzene rings is 1. The van der Waals surface area contributed by atoms with E-state index >= 15 is 0 Å². The molecule has 6 rings (SSSR count). The molecule has 8 heteroatoms. The average Bonchev–Trinajstić information content (AvgIpc) is 3.51. The van der Waals surface area contributed by atoms with Crippen molar-refractivity contribution in [1.29, 1.82) is 0 Å². The zero-order chi connectivity index (χ0) is 20.1. The second kappa shape index (κ2) is 7.14. The number of fused-ring (bicyclic) bond motifs is 4. The number of hydrogen-bond acceptors (Lipinski definition) is 6. The van der Waals surface area contributed by atoms with Crippen LogP contribution in [0.5, 0.6) is 0 Å². The molecular formula is C22H23N5O3. The van der Waals surface area contributed by atoms with Crippen LogP contribution < -0.4 is 5.56 Å². The van der Waals surface area contributed by atoms with Gasteiger partial charge in [-0.2, -0.15) is 0 Å². The van der Waals surface area contributed by atoms with Crippen molar-refractivity contribution in [2.24, 2.45) is 0 Å². The second-order valence-corrected chi connectivity index (χ2v) is 8.17. The Morgan fingerprint density at radius 1 is 0.933 bits per heavy atom. The lowest BCUT2D eigenvalue weighted by molar-refractivity contribution is 0.0959. The van der Waals surface area contributed by atoms with Crippen LogP contribution in [0.4, 0.5) is 0 Å². The Morgan fingerprint density at radius 3 is 2.33 bits per heavy atom. The summed E-state index contributed by atoms with van der Waals surface area (Å²) < 4.78 is 15.3. The topological polar surface area (TPSA) is 84.1 Å². The minimum atomic E-state index is -0.0869. The molecule has 1 aromatic carbocycles. The molecule has 0 radical (unpaired) electrons. The standard InChI is InChI=1S/C22H23N5O3/c28-22-18-19-21(25-17-8-2-1-7-16(17)24-19)27(12-15-6-4-10-30-15)20(18)23-13-26(22)11-14-5-3-9-29-14/h1-2,7-8,13-15H,3-6,9-12H2/t14-,15+/m0/s1. The normalized spacial score (nSPS) is 22.0. The van der Waals surface area contributed by atoms with Crippen LogP contribution in [0.1, 0.15) is 25.7 Å². The van der Waals surface area contributed by atoms with E-state index in [-0.39, 0.29) is 17.8 Å². The Kier molecular flexibility index (Phi) is 4.28. The molecule has 0 aliphatic carbocycles. The van der Waals surface area contributed by atoms with E-state index in [9.17, 15) is 4.79 Å². The summed E-state index contributed by atoms with van der Waals surface area (Å²) in [6.07, 6.45) is 5.86. The molecule has 2 fully saturated rings. The van der Waals surface area contributed by atoms with Gasteiger partial charge in [0.2, 0.25) is 0 Å². The van der Waals surface area contributed by atoms with Gasteiger partial charge in [0.05, 0.1) is 42.7 Å². The number of hydrogen-bond donors (Lipinski definition) is 0. The van der Waals surface area contributed by atoms with Crippen LogP contribution in [0, 0.1) is 0 Å². The van der Waals surface area contributed by atoms with Gasteiger partial charge in [-0.25, -0.2) is 15.0 Å². The third-order valence-electron chi connectivity index (χ3n) is 6.15. The molecule has 5 heterocycles. The van der Waals surface area contributed by atoms with Gasteiger partial charge in [0.15, 0.2) is 11.3 Å². The second-order valence-electron chi connectivity index (χ2n) is 8.17. The molecule has 154 valence electrons. The van der Waals surface area contributed by atoms with E-state index in [0.717, 1.165) is 49.9 Å². The highest BCUT2D eigenvalue weighted by molar-refractivity contribution is 6.04. The van der Waals surface area contributed by atoms with Crippen molar-refractivity contribution in [3.8, 4) is 0 Å². The van der Waals surface area contributed by atoms with Crippen molar-refractivity contribution >= 4 is 33.2 Å². The van der Waals surface area contributed by atoms with Gasteiger partial charge in [-0.1, -0.05) is 12.1 Å². The molecule has 0 amide bonds. The molecule has 2 atom stereocenters. The highest BCUT2D eigenvalue weighted by Gasteiger charge is 2.25. The highest BCUT2D eigenvalue weighted by Crippen LogP contribution is 2.27. The summed E-state index contributed by atoms with van der Waals surface area (Å²) >= 11 is 0. The molecule has 0 N–H and O–H groups in total. The van der Waals surface area contributed by atoms with Gasteiger partial charge >= 0.3 is 0 Å². The van der Waals surface area contributed by atoms with Gasteiger partial charge in [0.25, 0.3) is 5.56 Å². The lowest BCUT2D eigenvalue weighted by atomic mass is 10.2. The molecular weight excluding hydrogens is 382 g/mol. The molecule has 2 aliphatic heterocycles. The van der Waals surface area contributed by atoms with Crippen LogP contribution in [0.15, 0.2) is 35.4 Å². The Morgan fingerprint density at radius 2 is 1.63 bits per heavy atom. The molecule has 0 saturated carbocycles. The summed E-state index contributed by atoms with van der Waals surface area (Å²) in [7, 11) is 0. The van der Waals surface area contributed by atoms with Gasteiger partial charge in [-0.15, -0.1) is 0 Å². The molecule has 30 heavy (non-hydrogen) atoms. The first-order valence-corrected chi connectivity index (χ1v) is 10.7. The Balaban J connectivity index is 1.58. The van der Waals surface area contributed by atoms with E-state index in [2.05, 4.69) is 4.98 Å². The van der Waals surface area contributed by atoms with Crippen LogP contribution in [-0.4, -0.2) is 49.5 Å². The fraction of sp³-hybridized carbons (Fsp3) is 0.455. The van der Waals surface area contributed by atoms with E-state index < -0.39 is 0 Å². The maximum atomic E-state index is 13.5. The van der Waals surface area contributed by atoms with Crippen LogP contribution >= 0.6 is 0 Å². The zero-order valence-electron chi connectivity index (χ0n) is 16.7. The summed E-state index contributed by atoms with van der Waals surface area (Å²) in [5.41, 5.74) is 3.43. The lowest BCUT2D eigenvalue weighted by Gasteiger charge is -2.13. The summed E-state index contributed by atoms with van der Waals surface area (Å²) in [4.78, 5) is 27.8. The third-order valence-corrected chi connectivity index (χ3v) is 6.15. The van der Waals surface area contributed by atoms with Crippen molar-refractivity contribution in [1.82, 2.24) is 24.1 Å². The first-order chi connectivity index (χ1) is 14.8. The number of aromatic nitrogens is 5. The molecule has 0 spiro atoms. The third kappa shape index (κ3) is 2.90. The number of nitrogens with zero attached hydrogens (tertiary/aromatic N) is 5. The molecule has 0 unspecified atom stereocenters. The maximum absolute atomic E-state index is 13.5. The van der Waals surface area contributed by atoms with E-state index in [1.807, 2.05) is 28.8 Å². The van der Waals surface area contributed by atoms with Gasteiger partial charge in [-0.3, -0.25) is 9.36 Å². The average molecular weight is 405 g/mol. The molecule has 0 bridgehead atoms. The van der Waals surface area contributed by atoms with E-state index in [0.29, 0.717) is 35.3 Å². The van der Waals surface area contributed by atoms with Gasteiger partial charge in [0.1, 0.15) is 10.9 Å². The minimum Gasteiger partial charge on any atom is -0.376 e. The quantitative estimate of drug-likeness (QED) is 0.519. The summed E-state index contributed by atoms with van der Waals surface area (Å²) in [5.74, 6) is 0. The molecule has 4 aromatic rings. The minimum absolute atomic E-state index is 0.0640. The summed E-state index contributed by atoms with van der Waals surface area (Å²) in [6.45, 7) is 2.67. The van der Waals surface area contributed by atoms with Crippen molar-refractivity contribution in [3.05, 3.63) is 40.9 Å².